The average Bonchev–Trinajstić information content (AvgIpc) is 3.28. The summed E-state index contributed by atoms with van der Waals surface area (Å²) in [5.74, 6) is 1.22. The molecule has 35 heavy (non-hydrogen) atoms. The fourth-order valence-corrected chi connectivity index (χ4v) is 4.70. The SMILES string of the molecule is CC(C)Cn1c(=O)n(C)c(=O)c2c1ncn2CCCN1CCN(CCCOc2ccccc2)CC1. The molecule has 0 spiro atoms. The largest absolute Gasteiger partial charge is 0.494 e. The maximum absolute atomic E-state index is 12.8. The summed E-state index contributed by atoms with van der Waals surface area (Å²) in [5, 5.41) is 0. The van der Waals surface area contributed by atoms with Crippen molar-refractivity contribution >= 4 is 11.2 Å². The maximum Gasteiger partial charge on any atom is 0.332 e. The molecule has 1 aliphatic heterocycles. The van der Waals surface area contributed by atoms with E-state index in [0.29, 0.717) is 24.3 Å². The molecule has 4 rings (SSSR count). The number of nitrogens with zero attached hydrogens (tertiary/aromatic N) is 6. The van der Waals surface area contributed by atoms with E-state index in [1.807, 2.05) is 34.9 Å². The highest BCUT2D eigenvalue weighted by Crippen LogP contribution is 2.11. The summed E-state index contributed by atoms with van der Waals surface area (Å²) in [5.41, 5.74) is 0.449. The Labute approximate surface area is 206 Å². The normalized spacial score (nSPS) is 15.3. The number of hydrogen-bond acceptors (Lipinski definition) is 6. The number of para-hydroxylation sites is 1. The van der Waals surface area contributed by atoms with Crippen molar-refractivity contribution in [3.05, 3.63) is 57.5 Å². The van der Waals surface area contributed by atoms with Gasteiger partial charge >= 0.3 is 5.69 Å². The van der Waals surface area contributed by atoms with E-state index < -0.39 is 0 Å². The highest BCUT2D eigenvalue weighted by Gasteiger charge is 2.18. The third-order valence-electron chi connectivity index (χ3n) is 6.62. The molecule has 0 unspecified atom stereocenters. The van der Waals surface area contributed by atoms with E-state index in [1.54, 1.807) is 17.9 Å². The van der Waals surface area contributed by atoms with Gasteiger partial charge in [0.05, 0.1) is 12.9 Å². The smallest absolute Gasteiger partial charge is 0.332 e. The first-order valence-electron chi connectivity index (χ1n) is 12.7. The number of piperazine rings is 1. The second-order valence-electron chi connectivity index (χ2n) is 9.81. The van der Waals surface area contributed by atoms with Gasteiger partial charge in [-0.3, -0.25) is 13.9 Å². The van der Waals surface area contributed by atoms with E-state index in [-0.39, 0.29) is 17.2 Å². The number of hydrogen-bond donors (Lipinski definition) is 0. The average molecular weight is 483 g/mol. The van der Waals surface area contributed by atoms with Gasteiger partial charge in [-0.1, -0.05) is 32.0 Å². The number of benzene rings is 1. The highest BCUT2D eigenvalue weighted by atomic mass is 16.5. The minimum atomic E-state index is -0.300. The summed E-state index contributed by atoms with van der Waals surface area (Å²) in [6.07, 6.45) is 3.67. The summed E-state index contributed by atoms with van der Waals surface area (Å²) >= 11 is 0. The zero-order valence-electron chi connectivity index (χ0n) is 21.2. The third kappa shape index (κ3) is 6.21. The van der Waals surface area contributed by atoms with Crippen molar-refractivity contribution in [2.24, 2.45) is 13.0 Å². The van der Waals surface area contributed by atoms with Crippen LogP contribution in [-0.2, 0) is 20.1 Å². The van der Waals surface area contributed by atoms with Crippen LogP contribution in [0, 0.1) is 5.92 Å². The van der Waals surface area contributed by atoms with Crippen molar-refractivity contribution in [2.75, 3.05) is 45.9 Å². The quantitative estimate of drug-likeness (QED) is 0.389. The summed E-state index contributed by atoms with van der Waals surface area (Å²) in [6, 6.07) is 9.97. The summed E-state index contributed by atoms with van der Waals surface area (Å²) < 4.78 is 10.5. The standard InChI is InChI=1S/C26H38N6O3/c1-21(2)19-32-24-23(25(33)28(3)26(32)34)31(20-27-24)13-7-11-29-14-16-30(17-15-29)12-8-18-35-22-9-5-4-6-10-22/h4-6,9-10,20-21H,7-8,11-19H2,1-3H3. The molecule has 0 N–H and O–H groups in total. The topological polar surface area (TPSA) is 77.5 Å². The number of aromatic nitrogens is 4. The van der Waals surface area contributed by atoms with Gasteiger partial charge in [-0.15, -0.1) is 0 Å². The van der Waals surface area contributed by atoms with Crippen LogP contribution in [0.2, 0.25) is 0 Å². The van der Waals surface area contributed by atoms with Gasteiger partial charge in [0.1, 0.15) is 5.75 Å². The molecule has 0 amide bonds. The van der Waals surface area contributed by atoms with Crippen LogP contribution in [0.1, 0.15) is 26.7 Å². The van der Waals surface area contributed by atoms with Crippen molar-refractivity contribution in [3.8, 4) is 5.75 Å². The van der Waals surface area contributed by atoms with Crippen molar-refractivity contribution in [3.63, 3.8) is 0 Å². The van der Waals surface area contributed by atoms with E-state index >= 15 is 0 Å². The second kappa shape index (κ2) is 11.7. The molecule has 3 heterocycles. The van der Waals surface area contributed by atoms with Gasteiger partial charge in [0, 0.05) is 52.9 Å². The van der Waals surface area contributed by atoms with Crippen LogP contribution < -0.4 is 16.0 Å². The molecule has 0 aliphatic carbocycles. The molecule has 0 radical (unpaired) electrons. The molecule has 9 heteroatoms. The van der Waals surface area contributed by atoms with Crippen LogP contribution in [0.5, 0.6) is 5.75 Å². The van der Waals surface area contributed by atoms with E-state index in [9.17, 15) is 9.59 Å². The third-order valence-corrected chi connectivity index (χ3v) is 6.62. The van der Waals surface area contributed by atoms with Gasteiger partial charge in [-0.05, 0) is 37.4 Å². The number of rotatable bonds is 11. The lowest BCUT2D eigenvalue weighted by atomic mass is 10.2. The zero-order chi connectivity index (χ0) is 24.8. The van der Waals surface area contributed by atoms with Gasteiger partial charge in [0.25, 0.3) is 5.56 Å². The van der Waals surface area contributed by atoms with E-state index in [4.69, 9.17) is 4.74 Å². The van der Waals surface area contributed by atoms with Gasteiger partial charge in [-0.2, -0.15) is 0 Å². The van der Waals surface area contributed by atoms with Crippen LogP contribution in [0.4, 0.5) is 0 Å². The van der Waals surface area contributed by atoms with Crippen molar-refractivity contribution < 1.29 is 4.74 Å². The molecule has 0 saturated carbocycles. The minimum absolute atomic E-state index is 0.271. The van der Waals surface area contributed by atoms with Crippen LogP contribution in [-0.4, -0.2) is 74.4 Å². The molecule has 9 nitrogen and oxygen atoms in total. The Morgan fingerprint density at radius 2 is 1.60 bits per heavy atom. The Morgan fingerprint density at radius 1 is 0.943 bits per heavy atom. The van der Waals surface area contributed by atoms with Gasteiger partial charge in [0.15, 0.2) is 11.2 Å². The Morgan fingerprint density at radius 3 is 2.26 bits per heavy atom. The van der Waals surface area contributed by atoms with E-state index in [2.05, 4.69) is 28.6 Å². The minimum Gasteiger partial charge on any atom is -0.494 e. The Balaban J connectivity index is 1.23. The van der Waals surface area contributed by atoms with Crippen LogP contribution in [0.3, 0.4) is 0 Å². The molecule has 1 fully saturated rings. The molecule has 1 aromatic carbocycles. The molecular weight excluding hydrogens is 444 g/mol. The van der Waals surface area contributed by atoms with Gasteiger partial charge in [-0.25, -0.2) is 9.78 Å². The maximum atomic E-state index is 12.8. The Bertz CT molecular complexity index is 1210. The number of aryl methyl sites for hydroxylation is 1. The molecule has 3 aromatic rings. The fourth-order valence-electron chi connectivity index (χ4n) is 4.70. The van der Waals surface area contributed by atoms with Gasteiger partial charge < -0.3 is 19.1 Å². The van der Waals surface area contributed by atoms with Gasteiger partial charge in [0.2, 0.25) is 0 Å². The monoisotopic (exact) mass is 482 g/mol. The first-order valence-corrected chi connectivity index (χ1v) is 12.7. The molecule has 2 aromatic heterocycles. The predicted octanol–water partition coefficient (Wildman–Crippen LogP) is 2.03. The molecule has 1 aliphatic rings. The first-order chi connectivity index (χ1) is 16.9. The van der Waals surface area contributed by atoms with Crippen LogP contribution in [0.15, 0.2) is 46.2 Å². The van der Waals surface area contributed by atoms with Crippen LogP contribution >= 0.6 is 0 Å². The lowest BCUT2D eigenvalue weighted by Gasteiger charge is -2.34. The summed E-state index contributed by atoms with van der Waals surface area (Å²) in [6.45, 7) is 12.4. The molecule has 1 saturated heterocycles. The first kappa shape index (κ1) is 25.2. The molecule has 0 bridgehead atoms. The van der Waals surface area contributed by atoms with Crippen LogP contribution in [0.25, 0.3) is 11.2 Å². The lowest BCUT2D eigenvalue weighted by Crippen LogP contribution is -2.47. The highest BCUT2D eigenvalue weighted by molar-refractivity contribution is 5.70. The molecule has 190 valence electrons. The van der Waals surface area contributed by atoms with E-state index in [0.717, 1.165) is 64.5 Å². The number of ether oxygens (including phenoxy) is 1. The fraction of sp³-hybridized carbons (Fsp3) is 0.577. The predicted molar refractivity (Wildman–Crippen MR) is 138 cm³/mol. The molecular formula is C26H38N6O3. The van der Waals surface area contributed by atoms with Crippen molar-refractivity contribution in [1.29, 1.82) is 0 Å². The number of imidazole rings is 1. The number of fused-ring (bicyclic) bond motifs is 1. The second-order valence-corrected chi connectivity index (χ2v) is 9.81. The molecule has 0 atom stereocenters. The Kier molecular flexibility index (Phi) is 8.41. The van der Waals surface area contributed by atoms with Crippen molar-refractivity contribution in [2.45, 2.75) is 39.8 Å². The lowest BCUT2D eigenvalue weighted by molar-refractivity contribution is 0.124. The zero-order valence-corrected chi connectivity index (χ0v) is 21.2. The van der Waals surface area contributed by atoms with Crippen molar-refractivity contribution in [1.82, 2.24) is 28.5 Å². The summed E-state index contributed by atoms with van der Waals surface area (Å²) in [7, 11) is 1.55. The van der Waals surface area contributed by atoms with E-state index in [1.165, 1.54) is 4.57 Å². The Hall–Kier alpha value is -2.91. The summed E-state index contributed by atoms with van der Waals surface area (Å²) in [4.78, 5) is 34.9.